The first-order chi connectivity index (χ1) is 17.8. The minimum absolute atomic E-state index is 0.0930. The number of hydrogen-bond acceptors (Lipinski definition) is 7. The number of rotatable bonds is 5. The smallest absolute Gasteiger partial charge is 0.257 e. The predicted molar refractivity (Wildman–Crippen MR) is 141 cm³/mol. The molecular weight excluding hydrogens is 474 g/mol. The monoisotopic (exact) mass is 511 g/mol. The number of nitrogens with one attached hydrogen (secondary N) is 1. The van der Waals surface area contributed by atoms with E-state index >= 15 is 0 Å². The van der Waals surface area contributed by atoms with Crippen LogP contribution < -0.4 is 19.5 Å². The standard InChI is InChI=1S/C28H37N3O6/c1-6-11-31-14-18(2)26(34-5)15-30(4)28(33)22-9-8-21(13-24(22)35-16-19(31)3)29-27(32)20-7-10-23-25(12-20)37-17-36-23/h7-10,12-13,18-19,26H,6,11,14-17H2,1-5H3,(H,29,32)/t18-,19-,26-/m1/s1. The fourth-order valence-corrected chi connectivity index (χ4v) is 4.76. The molecule has 2 aromatic carbocycles. The molecule has 0 saturated heterocycles. The highest BCUT2D eigenvalue weighted by atomic mass is 16.7. The van der Waals surface area contributed by atoms with Crippen molar-refractivity contribution in [1.82, 2.24) is 9.80 Å². The number of likely N-dealkylation sites (N-methyl/N-ethyl adjacent to an activating group) is 1. The lowest BCUT2D eigenvalue weighted by Gasteiger charge is -2.35. The van der Waals surface area contributed by atoms with Gasteiger partial charge < -0.3 is 29.2 Å². The van der Waals surface area contributed by atoms with Gasteiger partial charge in [0, 0.05) is 50.6 Å². The van der Waals surface area contributed by atoms with Gasteiger partial charge in [-0.3, -0.25) is 14.5 Å². The summed E-state index contributed by atoms with van der Waals surface area (Å²) in [5.74, 6) is 1.37. The number of amides is 2. The fraction of sp³-hybridized carbons (Fsp3) is 0.500. The number of nitrogens with zero attached hydrogens (tertiary/aromatic N) is 2. The SMILES string of the molecule is CCCN1C[C@@H](C)[C@H](OC)CN(C)C(=O)c2ccc(NC(=O)c3ccc4c(c3)OCO4)cc2OC[C@H]1C. The van der Waals surface area contributed by atoms with Crippen LogP contribution >= 0.6 is 0 Å². The highest BCUT2D eigenvalue weighted by molar-refractivity contribution is 6.05. The van der Waals surface area contributed by atoms with Gasteiger partial charge in [-0.15, -0.1) is 0 Å². The van der Waals surface area contributed by atoms with Crippen molar-refractivity contribution in [1.29, 1.82) is 0 Å². The normalized spacial score (nSPS) is 22.5. The average Bonchev–Trinajstić information content (AvgIpc) is 3.37. The lowest BCUT2D eigenvalue weighted by atomic mass is 10.0. The molecule has 9 nitrogen and oxygen atoms in total. The molecule has 0 aromatic heterocycles. The number of methoxy groups -OCH3 is 1. The van der Waals surface area contributed by atoms with Crippen molar-refractivity contribution in [3.05, 3.63) is 47.5 Å². The number of benzene rings is 2. The average molecular weight is 512 g/mol. The van der Waals surface area contributed by atoms with Crippen molar-refractivity contribution in [2.24, 2.45) is 5.92 Å². The van der Waals surface area contributed by atoms with E-state index in [0.717, 1.165) is 19.5 Å². The first-order valence-corrected chi connectivity index (χ1v) is 12.8. The molecule has 3 atom stereocenters. The summed E-state index contributed by atoms with van der Waals surface area (Å²) in [6.45, 7) is 9.27. The van der Waals surface area contributed by atoms with Crippen LogP contribution in [0, 0.1) is 5.92 Å². The van der Waals surface area contributed by atoms with Gasteiger partial charge in [0.15, 0.2) is 11.5 Å². The summed E-state index contributed by atoms with van der Waals surface area (Å²) in [4.78, 5) is 30.4. The summed E-state index contributed by atoms with van der Waals surface area (Å²) in [5.41, 5.74) is 1.42. The summed E-state index contributed by atoms with van der Waals surface area (Å²) in [7, 11) is 3.48. The second-order valence-corrected chi connectivity index (χ2v) is 9.83. The zero-order valence-corrected chi connectivity index (χ0v) is 22.3. The van der Waals surface area contributed by atoms with Gasteiger partial charge in [-0.1, -0.05) is 13.8 Å². The zero-order valence-electron chi connectivity index (χ0n) is 22.3. The van der Waals surface area contributed by atoms with Gasteiger partial charge in [0.25, 0.3) is 11.8 Å². The Labute approximate surface area is 218 Å². The van der Waals surface area contributed by atoms with E-state index in [0.29, 0.717) is 47.2 Å². The lowest BCUT2D eigenvalue weighted by molar-refractivity contribution is 0.0108. The van der Waals surface area contributed by atoms with Crippen LogP contribution in [0.3, 0.4) is 0 Å². The third-order valence-corrected chi connectivity index (χ3v) is 6.98. The first-order valence-electron chi connectivity index (χ1n) is 12.8. The van der Waals surface area contributed by atoms with Gasteiger partial charge in [-0.05, 0) is 56.1 Å². The molecule has 0 aliphatic carbocycles. The van der Waals surface area contributed by atoms with Gasteiger partial charge in [0.2, 0.25) is 6.79 Å². The van der Waals surface area contributed by atoms with Crippen molar-refractivity contribution in [3.63, 3.8) is 0 Å². The second-order valence-electron chi connectivity index (χ2n) is 9.83. The van der Waals surface area contributed by atoms with Crippen molar-refractivity contribution >= 4 is 17.5 Å². The Hall–Kier alpha value is -3.30. The molecule has 0 fully saturated rings. The molecule has 2 aliphatic rings. The maximum Gasteiger partial charge on any atom is 0.257 e. The summed E-state index contributed by atoms with van der Waals surface area (Å²) in [5, 5.41) is 2.90. The van der Waals surface area contributed by atoms with Gasteiger partial charge in [-0.2, -0.15) is 0 Å². The van der Waals surface area contributed by atoms with Crippen molar-refractivity contribution in [2.45, 2.75) is 39.3 Å². The third kappa shape index (κ3) is 6.17. The highest BCUT2D eigenvalue weighted by Crippen LogP contribution is 2.33. The van der Waals surface area contributed by atoms with E-state index in [-0.39, 0.29) is 36.7 Å². The number of carbonyl (C=O) groups is 2. The third-order valence-electron chi connectivity index (χ3n) is 6.98. The Morgan fingerprint density at radius 2 is 1.84 bits per heavy atom. The lowest BCUT2D eigenvalue weighted by Crippen LogP contribution is -2.46. The molecule has 0 spiro atoms. The van der Waals surface area contributed by atoms with Crippen LogP contribution in [-0.2, 0) is 4.74 Å². The maximum absolute atomic E-state index is 13.4. The molecule has 1 N–H and O–H groups in total. The molecule has 2 amide bonds. The molecule has 9 heteroatoms. The fourth-order valence-electron chi connectivity index (χ4n) is 4.76. The van der Waals surface area contributed by atoms with Crippen molar-refractivity contribution in [3.8, 4) is 17.2 Å². The number of hydrogen-bond donors (Lipinski definition) is 1. The Morgan fingerprint density at radius 3 is 2.59 bits per heavy atom. The predicted octanol–water partition coefficient (Wildman–Crippen LogP) is 3.88. The summed E-state index contributed by atoms with van der Waals surface area (Å²) in [6.07, 6.45) is 0.935. The Bertz CT molecular complexity index is 1120. The zero-order chi connectivity index (χ0) is 26.5. The van der Waals surface area contributed by atoms with Gasteiger partial charge in [-0.25, -0.2) is 0 Å². The Kier molecular flexibility index (Phi) is 8.56. The molecule has 0 bridgehead atoms. The molecule has 0 saturated carbocycles. The van der Waals surface area contributed by atoms with Crippen LogP contribution in [0.25, 0.3) is 0 Å². The largest absolute Gasteiger partial charge is 0.491 e. The topological polar surface area (TPSA) is 89.6 Å². The molecule has 2 heterocycles. The summed E-state index contributed by atoms with van der Waals surface area (Å²) >= 11 is 0. The Morgan fingerprint density at radius 1 is 1.05 bits per heavy atom. The second kappa shape index (κ2) is 11.8. The number of ether oxygens (including phenoxy) is 4. The van der Waals surface area contributed by atoms with Crippen LogP contribution in [0.15, 0.2) is 36.4 Å². The molecule has 0 radical (unpaired) electrons. The van der Waals surface area contributed by atoms with Crippen molar-refractivity contribution < 1.29 is 28.5 Å². The molecule has 4 rings (SSSR count). The van der Waals surface area contributed by atoms with Crippen molar-refractivity contribution in [2.75, 3.05) is 52.5 Å². The first kappa shape index (κ1) is 26.8. The van der Waals surface area contributed by atoms with Crippen LogP contribution in [0.4, 0.5) is 5.69 Å². The number of fused-ring (bicyclic) bond motifs is 2. The molecule has 37 heavy (non-hydrogen) atoms. The maximum atomic E-state index is 13.4. The minimum atomic E-state index is -0.297. The van der Waals surface area contributed by atoms with Gasteiger partial charge >= 0.3 is 0 Å². The van der Waals surface area contributed by atoms with E-state index < -0.39 is 0 Å². The van der Waals surface area contributed by atoms with Gasteiger partial charge in [0.05, 0.1) is 11.7 Å². The molecule has 2 aliphatic heterocycles. The highest BCUT2D eigenvalue weighted by Gasteiger charge is 2.28. The summed E-state index contributed by atoms with van der Waals surface area (Å²) < 4.78 is 22.7. The molecular formula is C28H37N3O6. The van der Waals surface area contributed by atoms with Crippen LogP contribution in [0.2, 0.25) is 0 Å². The van der Waals surface area contributed by atoms with Gasteiger partial charge in [0.1, 0.15) is 12.4 Å². The molecule has 0 unspecified atom stereocenters. The molecule has 200 valence electrons. The number of anilines is 1. The van der Waals surface area contributed by atoms with E-state index in [9.17, 15) is 9.59 Å². The van der Waals surface area contributed by atoms with E-state index in [1.165, 1.54) is 0 Å². The van der Waals surface area contributed by atoms with E-state index in [4.69, 9.17) is 18.9 Å². The Balaban J connectivity index is 1.60. The van der Waals surface area contributed by atoms with E-state index in [1.807, 2.05) is 0 Å². The van der Waals surface area contributed by atoms with E-state index in [2.05, 4.69) is 31.0 Å². The minimum Gasteiger partial charge on any atom is -0.491 e. The quantitative estimate of drug-likeness (QED) is 0.652. The molecule has 2 aromatic rings. The van der Waals surface area contributed by atoms with Crippen LogP contribution in [0.5, 0.6) is 17.2 Å². The summed E-state index contributed by atoms with van der Waals surface area (Å²) in [6, 6.07) is 10.3. The number of carbonyl (C=O) groups excluding carboxylic acids is 2. The van der Waals surface area contributed by atoms with E-state index in [1.54, 1.807) is 55.5 Å². The van der Waals surface area contributed by atoms with Crippen LogP contribution in [-0.4, -0.2) is 81.0 Å². The van der Waals surface area contributed by atoms with Crippen LogP contribution in [0.1, 0.15) is 47.9 Å².